The summed E-state index contributed by atoms with van der Waals surface area (Å²) in [5.41, 5.74) is 2.82. The number of anilines is 2. The first-order valence-electron chi connectivity index (χ1n) is 8.62. The number of hydrogen-bond acceptors (Lipinski definition) is 6. The molecule has 0 spiro atoms. The van der Waals surface area contributed by atoms with Crippen LogP contribution in [0.5, 0.6) is 0 Å². The van der Waals surface area contributed by atoms with Crippen LogP contribution in [0.25, 0.3) is 11.4 Å². The molecule has 0 saturated carbocycles. The van der Waals surface area contributed by atoms with Crippen molar-refractivity contribution in [2.45, 2.75) is 18.6 Å². The van der Waals surface area contributed by atoms with E-state index in [0.29, 0.717) is 0 Å². The highest BCUT2D eigenvalue weighted by Crippen LogP contribution is 2.24. The Hall–Kier alpha value is -2.87. The maximum absolute atomic E-state index is 12.3. The zero-order chi connectivity index (χ0) is 19.2. The van der Waals surface area contributed by atoms with Crippen molar-refractivity contribution in [1.82, 2.24) is 19.7 Å². The molecule has 1 aromatic carbocycles. The minimum Gasteiger partial charge on any atom is -0.378 e. The summed E-state index contributed by atoms with van der Waals surface area (Å²) in [6, 6.07) is 11.5. The molecule has 2 aromatic heterocycles. The average molecular weight is 382 g/mol. The van der Waals surface area contributed by atoms with Crippen LogP contribution >= 0.6 is 11.8 Å². The number of aromatic nitrogens is 4. The molecule has 8 heteroatoms. The first-order valence-corrected chi connectivity index (χ1v) is 9.60. The molecule has 0 saturated heterocycles. The van der Waals surface area contributed by atoms with E-state index in [1.165, 1.54) is 11.8 Å². The quantitative estimate of drug-likeness (QED) is 0.633. The van der Waals surface area contributed by atoms with E-state index < -0.39 is 0 Å². The fraction of sp³-hybridized carbons (Fsp3) is 0.263. The van der Waals surface area contributed by atoms with Gasteiger partial charge in [0.15, 0.2) is 11.0 Å². The predicted molar refractivity (Wildman–Crippen MR) is 109 cm³/mol. The third-order valence-corrected chi connectivity index (χ3v) is 4.94. The molecule has 0 unspecified atom stereocenters. The van der Waals surface area contributed by atoms with Crippen LogP contribution in [0.2, 0.25) is 0 Å². The zero-order valence-corrected chi connectivity index (χ0v) is 16.4. The number of nitrogens with zero attached hydrogens (tertiary/aromatic N) is 5. The van der Waals surface area contributed by atoms with E-state index in [2.05, 4.69) is 20.5 Å². The number of benzene rings is 1. The molecule has 1 amide bonds. The smallest absolute Gasteiger partial charge is 0.234 e. The van der Waals surface area contributed by atoms with Gasteiger partial charge < -0.3 is 14.8 Å². The van der Waals surface area contributed by atoms with E-state index in [4.69, 9.17) is 0 Å². The Balaban J connectivity index is 1.63. The Bertz CT molecular complexity index is 892. The third kappa shape index (κ3) is 4.65. The summed E-state index contributed by atoms with van der Waals surface area (Å²) >= 11 is 1.38. The van der Waals surface area contributed by atoms with Gasteiger partial charge in [0.1, 0.15) is 0 Å². The molecule has 1 N–H and O–H groups in total. The highest BCUT2D eigenvalue weighted by atomic mass is 32.2. The highest BCUT2D eigenvalue weighted by Gasteiger charge is 2.14. The van der Waals surface area contributed by atoms with E-state index in [1.54, 1.807) is 12.4 Å². The Morgan fingerprint density at radius 3 is 2.44 bits per heavy atom. The number of nitrogens with one attached hydrogen (secondary N) is 1. The summed E-state index contributed by atoms with van der Waals surface area (Å²) in [6.45, 7) is 2.76. The van der Waals surface area contributed by atoms with Crippen molar-refractivity contribution in [2.75, 3.05) is 30.1 Å². The third-order valence-electron chi connectivity index (χ3n) is 3.97. The van der Waals surface area contributed by atoms with Crippen molar-refractivity contribution in [1.29, 1.82) is 0 Å². The number of amides is 1. The summed E-state index contributed by atoms with van der Waals surface area (Å²) in [6.07, 6.45) is 3.46. The second-order valence-electron chi connectivity index (χ2n) is 6.06. The minimum atomic E-state index is -0.0753. The molecule has 0 bridgehead atoms. The topological polar surface area (TPSA) is 75.9 Å². The Morgan fingerprint density at radius 1 is 1.11 bits per heavy atom. The van der Waals surface area contributed by atoms with E-state index in [-0.39, 0.29) is 11.7 Å². The molecule has 27 heavy (non-hydrogen) atoms. The molecule has 0 atom stereocenters. The van der Waals surface area contributed by atoms with Crippen LogP contribution in [0.15, 0.2) is 53.9 Å². The predicted octanol–water partition coefficient (Wildman–Crippen LogP) is 3.16. The lowest BCUT2D eigenvalue weighted by molar-refractivity contribution is -0.113. The van der Waals surface area contributed by atoms with Crippen molar-refractivity contribution >= 4 is 29.0 Å². The molecule has 3 aromatic rings. The fourth-order valence-corrected chi connectivity index (χ4v) is 3.37. The second kappa shape index (κ2) is 8.68. The van der Waals surface area contributed by atoms with Gasteiger partial charge in [-0.2, -0.15) is 0 Å². The van der Waals surface area contributed by atoms with E-state index in [9.17, 15) is 4.79 Å². The summed E-state index contributed by atoms with van der Waals surface area (Å²) in [4.78, 5) is 18.3. The van der Waals surface area contributed by atoms with Gasteiger partial charge in [0.25, 0.3) is 0 Å². The summed E-state index contributed by atoms with van der Waals surface area (Å²) in [7, 11) is 3.96. The first-order chi connectivity index (χ1) is 13.1. The molecular weight excluding hydrogens is 360 g/mol. The number of rotatable bonds is 7. The maximum Gasteiger partial charge on any atom is 0.234 e. The van der Waals surface area contributed by atoms with Crippen LogP contribution in [0.3, 0.4) is 0 Å². The van der Waals surface area contributed by atoms with Gasteiger partial charge in [-0.25, -0.2) is 0 Å². The van der Waals surface area contributed by atoms with Crippen molar-refractivity contribution < 1.29 is 4.79 Å². The van der Waals surface area contributed by atoms with Gasteiger partial charge in [-0.3, -0.25) is 9.78 Å². The lowest BCUT2D eigenvalue weighted by Gasteiger charge is -2.13. The molecule has 140 valence electrons. The molecule has 7 nitrogen and oxygen atoms in total. The maximum atomic E-state index is 12.3. The van der Waals surface area contributed by atoms with Gasteiger partial charge >= 0.3 is 0 Å². The second-order valence-corrected chi connectivity index (χ2v) is 7.01. The number of hydrogen-bond donors (Lipinski definition) is 1. The number of carbonyl (C=O) groups excluding carboxylic acids is 1. The van der Waals surface area contributed by atoms with Gasteiger partial charge in [0, 0.05) is 50.0 Å². The molecule has 0 aliphatic rings. The van der Waals surface area contributed by atoms with Crippen LogP contribution in [0, 0.1) is 0 Å². The molecule has 0 radical (unpaired) electrons. The van der Waals surface area contributed by atoms with Crippen molar-refractivity contribution in [3.63, 3.8) is 0 Å². The van der Waals surface area contributed by atoms with Crippen LogP contribution in [-0.2, 0) is 11.3 Å². The van der Waals surface area contributed by atoms with Gasteiger partial charge in [0.05, 0.1) is 5.75 Å². The number of thioether (sulfide) groups is 1. The largest absolute Gasteiger partial charge is 0.378 e. The van der Waals surface area contributed by atoms with E-state index in [1.807, 2.05) is 66.9 Å². The average Bonchev–Trinajstić information content (AvgIpc) is 3.10. The van der Waals surface area contributed by atoms with Crippen molar-refractivity contribution in [3.8, 4) is 11.4 Å². The van der Waals surface area contributed by atoms with Crippen molar-refractivity contribution in [3.05, 3.63) is 48.8 Å². The molecule has 0 fully saturated rings. The number of pyridine rings is 1. The fourth-order valence-electron chi connectivity index (χ4n) is 2.57. The van der Waals surface area contributed by atoms with Crippen LogP contribution in [0.4, 0.5) is 11.4 Å². The van der Waals surface area contributed by atoms with Gasteiger partial charge in [-0.1, -0.05) is 11.8 Å². The molecule has 2 heterocycles. The highest BCUT2D eigenvalue weighted by molar-refractivity contribution is 7.99. The van der Waals surface area contributed by atoms with Gasteiger partial charge in [-0.15, -0.1) is 10.2 Å². The summed E-state index contributed by atoms with van der Waals surface area (Å²) < 4.78 is 2.00. The lowest BCUT2D eigenvalue weighted by atomic mass is 10.2. The molecular formula is C19H22N6OS. The minimum absolute atomic E-state index is 0.0753. The van der Waals surface area contributed by atoms with Crippen LogP contribution < -0.4 is 10.2 Å². The van der Waals surface area contributed by atoms with Crippen molar-refractivity contribution in [2.24, 2.45) is 0 Å². The normalized spacial score (nSPS) is 10.6. The van der Waals surface area contributed by atoms with Crippen LogP contribution in [0.1, 0.15) is 6.92 Å². The summed E-state index contributed by atoms with van der Waals surface area (Å²) in [5, 5.41) is 12.2. The lowest BCUT2D eigenvalue weighted by Crippen LogP contribution is -2.15. The van der Waals surface area contributed by atoms with Gasteiger partial charge in [0.2, 0.25) is 5.91 Å². The first kappa shape index (κ1) is 18.9. The molecule has 0 aliphatic carbocycles. The van der Waals surface area contributed by atoms with E-state index >= 15 is 0 Å². The van der Waals surface area contributed by atoms with Crippen LogP contribution in [-0.4, -0.2) is 45.5 Å². The SMILES string of the molecule is CCn1c(SCC(=O)Nc2ccc(N(C)C)cc2)nnc1-c1ccncc1. The van der Waals surface area contributed by atoms with Gasteiger partial charge in [-0.05, 0) is 43.3 Å². The Kier molecular flexibility index (Phi) is 6.08. The Morgan fingerprint density at radius 2 is 1.81 bits per heavy atom. The number of carbonyl (C=O) groups is 1. The standard InChI is InChI=1S/C19H22N6OS/c1-4-25-18(14-9-11-20-12-10-14)22-23-19(25)27-13-17(26)21-15-5-7-16(8-6-15)24(2)3/h5-12H,4,13H2,1-3H3,(H,21,26). The molecule has 0 aliphatic heterocycles. The zero-order valence-electron chi connectivity index (χ0n) is 15.6. The molecule has 3 rings (SSSR count). The van der Waals surface area contributed by atoms with E-state index in [0.717, 1.165) is 34.5 Å². The summed E-state index contributed by atoms with van der Waals surface area (Å²) in [5.74, 6) is 0.972. The monoisotopic (exact) mass is 382 g/mol. The Labute approximate surface area is 162 Å².